The highest BCUT2D eigenvalue weighted by atomic mass is 16.7. The smallest absolute Gasteiger partial charge is 0.261 e. The fraction of sp³-hybridized carbons (Fsp3) is 0.158. The van der Waals surface area contributed by atoms with Crippen LogP contribution in [0.3, 0.4) is 0 Å². The van der Waals surface area contributed by atoms with Crippen molar-refractivity contribution in [3.8, 4) is 22.8 Å². The van der Waals surface area contributed by atoms with Crippen LogP contribution < -0.4 is 14.8 Å². The summed E-state index contributed by atoms with van der Waals surface area (Å²) in [5.41, 5.74) is 3.23. The molecular weight excluding hydrogens is 320 g/mol. The molecule has 0 atom stereocenters. The van der Waals surface area contributed by atoms with Gasteiger partial charge in [-0.2, -0.15) is 0 Å². The van der Waals surface area contributed by atoms with E-state index in [1.807, 2.05) is 24.3 Å². The zero-order valence-corrected chi connectivity index (χ0v) is 13.6. The van der Waals surface area contributed by atoms with Crippen molar-refractivity contribution in [1.82, 2.24) is 5.16 Å². The molecule has 1 N–H and O–H groups in total. The Morgan fingerprint density at radius 3 is 2.80 bits per heavy atom. The highest BCUT2D eigenvalue weighted by Gasteiger charge is 2.22. The van der Waals surface area contributed by atoms with Gasteiger partial charge in [0.15, 0.2) is 11.5 Å². The normalized spacial score (nSPS) is 12.2. The second-order valence-corrected chi connectivity index (χ2v) is 5.62. The highest BCUT2D eigenvalue weighted by molar-refractivity contribution is 6.06. The Bertz CT molecular complexity index is 915. The summed E-state index contributed by atoms with van der Waals surface area (Å²) in [6.07, 6.45) is 0.980. The molecule has 126 valence electrons. The van der Waals surface area contributed by atoms with Gasteiger partial charge in [0.25, 0.3) is 5.91 Å². The molecule has 0 saturated heterocycles. The SMILES string of the molecule is CCc1ccc(-c2cc(NC(=O)c3cccc4c3OCO4)on2)cc1. The van der Waals surface area contributed by atoms with E-state index < -0.39 is 0 Å². The Kier molecular flexibility index (Phi) is 3.85. The number of benzene rings is 2. The maximum atomic E-state index is 12.5. The van der Waals surface area contributed by atoms with Gasteiger partial charge in [-0.05, 0) is 24.1 Å². The van der Waals surface area contributed by atoms with E-state index in [-0.39, 0.29) is 18.6 Å². The van der Waals surface area contributed by atoms with Gasteiger partial charge in [0.1, 0.15) is 5.69 Å². The number of amides is 1. The fourth-order valence-electron chi connectivity index (χ4n) is 2.67. The number of ether oxygens (including phenoxy) is 2. The van der Waals surface area contributed by atoms with E-state index in [9.17, 15) is 4.79 Å². The highest BCUT2D eigenvalue weighted by Crippen LogP contribution is 2.35. The molecule has 2 heterocycles. The molecule has 3 aromatic rings. The van der Waals surface area contributed by atoms with Crippen molar-refractivity contribution in [2.24, 2.45) is 0 Å². The van der Waals surface area contributed by atoms with Gasteiger partial charge in [0, 0.05) is 11.6 Å². The molecule has 4 rings (SSSR count). The molecule has 6 nitrogen and oxygen atoms in total. The van der Waals surface area contributed by atoms with E-state index in [2.05, 4.69) is 17.4 Å². The number of anilines is 1. The van der Waals surface area contributed by atoms with Crippen molar-refractivity contribution in [3.63, 3.8) is 0 Å². The van der Waals surface area contributed by atoms with Gasteiger partial charge < -0.3 is 14.0 Å². The lowest BCUT2D eigenvalue weighted by Crippen LogP contribution is -2.12. The minimum Gasteiger partial charge on any atom is -0.454 e. The van der Waals surface area contributed by atoms with Crippen molar-refractivity contribution >= 4 is 11.8 Å². The molecule has 1 amide bonds. The summed E-state index contributed by atoms with van der Waals surface area (Å²) < 4.78 is 15.9. The lowest BCUT2D eigenvalue weighted by molar-refractivity contribution is 0.101. The summed E-state index contributed by atoms with van der Waals surface area (Å²) in [6.45, 7) is 2.22. The Labute approximate surface area is 144 Å². The molecule has 0 aliphatic carbocycles. The van der Waals surface area contributed by atoms with Crippen LogP contribution in [0.1, 0.15) is 22.8 Å². The molecule has 1 aliphatic rings. The van der Waals surface area contributed by atoms with E-state index in [1.165, 1.54) is 5.56 Å². The first-order valence-corrected chi connectivity index (χ1v) is 8.00. The van der Waals surface area contributed by atoms with Gasteiger partial charge in [0.2, 0.25) is 12.7 Å². The van der Waals surface area contributed by atoms with Crippen LogP contribution in [0.4, 0.5) is 5.88 Å². The maximum Gasteiger partial charge on any atom is 0.261 e. The first-order valence-electron chi connectivity index (χ1n) is 8.00. The number of aromatic nitrogens is 1. The van der Waals surface area contributed by atoms with E-state index in [1.54, 1.807) is 24.3 Å². The van der Waals surface area contributed by atoms with Gasteiger partial charge in [0.05, 0.1) is 5.56 Å². The number of hydrogen-bond acceptors (Lipinski definition) is 5. The van der Waals surface area contributed by atoms with Gasteiger partial charge in [-0.1, -0.05) is 42.4 Å². The van der Waals surface area contributed by atoms with Crippen LogP contribution >= 0.6 is 0 Å². The van der Waals surface area contributed by atoms with Crippen LogP contribution in [0.15, 0.2) is 53.1 Å². The van der Waals surface area contributed by atoms with Crippen molar-refractivity contribution in [1.29, 1.82) is 0 Å². The first-order chi connectivity index (χ1) is 12.2. The molecule has 2 aromatic carbocycles. The number of fused-ring (bicyclic) bond motifs is 1. The van der Waals surface area contributed by atoms with E-state index in [4.69, 9.17) is 14.0 Å². The largest absolute Gasteiger partial charge is 0.454 e. The quantitative estimate of drug-likeness (QED) is 0.782. The maximum absolute atomic E-state index is 12.5. The Morgan fingerprint density at radius 2 is 2.00 bits per heavy atom. The minimum atomic E-state index is -0.341. The molecule has 6 heteroatoms. The van der Waals surface area contributed by atoms with Gasteiger partial charge >= 0.3 is 0 Å². The average molecular weight is 336 g/mol. The van der Waals surface area contributed by atoms with Gasteiger partial charge in [-0.15, -0.1) is 0 Å². The third kappa shape index (κ3) is 2.94. The topological polar surface area (TPSA) is 73.6 Å². The molecule has 0 saturated carbocycles. The Balaban J connectivity index is 1.53. The molecule has 0 fully saturated rings. The molecule has 0 unspecified atom stereocenters. The summed E-state index contributed by atoms with van der Waals surface area (Å²) in [5.74, 6) is 0.930. The second-order valence-electron chi connectivity index (χ2n) is 5.62. The van der Waals surface area contributed by atoms with Crippen LogP contribution in [-0.4, -0.2) is 17.9 Å². The second kappa shape index (κ2) is 6.32. The predicted octanol–water partition coefficient (Wildman–Crippen LogP) is 3.89. The van der Waals surface area contributed by atoms with Crippen LogP contribution in [-0.2, 0) is 6.42 Å². The summed E-state index contributed by atoms with van der Waals surface area (Å²) in [5, 5.41) is 6.71. The molecule has 0 radical (unpaired) electrons. The first kappa shape index (κ1) is 15.3. The number of nitrogens with one attached hydrogen (secondary N) is 1. The van der Waals surface area contributed by atoms with Crippen LogP contribution in [0, 0.1) is 0 Å². The summed E-state index contributed by atoms with van der Waals surface area (Å²) in [7, 11) is 0. The third-order valence-corrected chi connectivity index (χ3v) is 4.05. The number of aryl methyl sites for hydroxylation is 1. The van der Waals surface area contributed by atoms with E-state index >= 15 is 0 Å². The van der Waals surface area contributed by atoms with Gasteiger partial charge in [-0.3, -0.25) is 10.1 Å². The Hall–Kier alpha value is -3.28. The molecule has 1 aliphatic heterocycles. The zero-order chi connectivity index (χ0) is 17.2. The lowest BCUT2D eigenvalue weighted by atomic mass is 10.1. The lowest BCUT2D eigenvalue weighted by Gasteiger charge is -2.04. The molecule has 0 spiro atoms. The molecule has 1 aromatic heterocycles. The van der Waals surface area contributed by atoms with Gasteiger partial charge in [-0.25, -0.2) is 0 Å². The standard InChI is InChI=1S/C19H16N2O4/c1-2-12-6-8-13(9-7-12)15-10-17(25-21-15)20-19(22)14-4-3-5-16-18(14)24-11-23-16/h3-10H,2,11H2,1H3,(H,20,22). The summed E-state index contributed by atoms with van der Waals surface area (Å²) >= 11 is 0. The van der Waals surface area contributed by atoms with Crippen LogP contribution in [0.25, 0.3) is 11.3 Å². The number of hydrogen-bond donors (Lipinski definition) is 1. The fourth-order valence-corrected chi connectivity index (χ4v) is 2.67. The van der Waals surface area contributed by atoms with E-state index in [0.717, 1.165) is 12.0 Å². The van der Waals surface area contributed by atoms with Crippen LogP contribution in [0.5, 0.6) is 11.5 Å². The number of carbonyl (C=O) groups is 1. The van der Waals surface area contributed by atoms with Crippen molar-refractivity contribution in [2.45, 2.75) is 13.3 Å². The predicted molar refractivity (Wildman–Crippen MR) is 91.8 cm³/mol. The number of carbonyl (C=O) groups excluding carboxylic acids is 1. The number of nitrogens with zero attached hydrogens (tertiary/aromatic N) is 1. The number of para-hydroxylation sites is 1. The monoisotopic (exact) mass is 336 g/mol. The van der Waals surface area contributed by atoms with Crippen LogP contribution in [0.2, 0.25) is 0 Å². The third-order valence-electron chi connectivity index (χ3n) is 4.05. The van der Waals surface area contributed by atoms with Crippen molar-refractivity contribution in [2.75, 3.05) is 12.1 Å². The average Bonchev–Trinajstić information content (AvgIpc) is 3.30. The molecule has 25 heavy (non-hydrogen) atoms. The molecule has 0 bridgehead atoms. The Morgan fingerprint density at radius 1 is 1.16 bits per heavy atom. The van der Waals surface area contributed by atoms with Crippen molar-refractivity contribution < 1.29 is 18.8 Å². The zero-order valence-electron chi connectivity index (χ0n) is 13.6. The summed E-state index contributed by atoms with van der Waals surface area (Å²) in [4.78, 5) is 12.5. The van der Waals surface area contributed by atoms with Crippen molar-refractivity contribution in [3.05, 3.63) is 59.7 Å². The number of rotatable bonds is 4. The van der Waals surface area contributed by atoms with E-state index in [0.29, 0.717) is 22.8 Å². The molecular formula is C19H16N2O4. The summed E-state index contributed by atoms with van der Waals surface area (Å²) in [6, 6.07) is 14.9. The minimum absolute atomic E-state index is 0.111.